The molecule has 1 aliphatic heterocycles. The Morgan fingerprint density at radius 2 is 2.06 bits per heavy atom. The fourth-order valence-corrected chi connectivity index (χ4v) is 3.32. The molecule has 4 heterocycles. The molecule has 0 aromatic carbocycles. The first-order valence-corrected chi connectivity index (χ1v) is 10.1. The number of nitrogens with one attached hydrogen (secondary N) is 1. The lowest BCUT2D eigenvalue weighted by Crippen LogP contribution is -2.24. The average Bonchev–Trinajstić information content (AvgIpc) is 3.34. The number of anilines is 2. The summed E-state index contributed by atoms with van der Waals surface area (Å²) in [6.07, 6.45) is 17.4. The van der Waals surface area contributed by atoms with E-state index in [9.17, 15) is 0 Å². The van der Waals surface area contributed by atoms with Crippen LogP contribution in [0.4, 0.5) is 11.8 Å². The maximum atomic E-state index is 6.08. The van der Waals surface area contributed by atoms with Gasteiger partial charge >= 0.3 is 6.01 Å². The Bertz CT molecular complexity index is 1200. The molecule has 1 aliphatic carbocycles. The first-order valence-electron chi connectivity index (χ1n) is 10.1. The van der Waals surface area contributed by atoms with E-state index in [1.54, 1.807) is 23.5 Å². The molecule has 0 saturated heterocycles. The number of hydrogen-bond acceptors (Lipinski definition) is 9. The smallest absolute Gasteiger partial charge is 0.330 e. The van der Waals surface area contributed by atoms with Crippen LogP contribution in [0.2, 0.25) is 0 Å². The summed E-state index contributed by atoms with van der Waals surface area (Å²) in [7, 11) is 0. The number of nitrogens with zero attached hydrogens (tertiary/aromatic N) is 5. The van der Waals surface area contributed by atoms with Crippen molar-refractivity contribution in [2.45, 2.75) is 19.4 Å². The molecule has 3 aromatic heterocycles. The van der Waals surface area contributed by atoms with Crippen LogP contribution in [-0.2, 0) is 16.0 Å². The van der Waals surface area contributed by atoms with E-state index in [0.29, 0.717) is 29.7 Å². The SMILES string of the molecule is C1=CCCC(N(C2=COC=CO2)c2nnc(-c3cccnc3NCc3cccnc3)o2)=C1. The predicted molar refractivity (Wildman–Crippen MR) is 117 cm³/mol. The van der Waals surface area contributed by atoms with Gasteiger partial charge in [-0.3, -0.25) is 4.98 Å². The van der Waals surface area contributed by atoms with Crippen LogP contribution in [0.1, 0.15) is 18.4 Å². The molecule has 9 nitrogen and oxygen atoms in total. The third-order valence-corrected chi connectivity index (χ3v) is 4.82. The molecule has 9 heteroatoms. The van der Waals surface area contributed by atoms with Gasteiger partial charge in [0.1, 0.15) is 18.3 Å². The van der Waals surface area contributed by atoms with Crippen LogP contribution in [0.3, 0.4) is 0 Å². The number of rotatable bonds is 7. The second-order valence-electron chi connectivity index (χ2n) is 6.95. The fraction of sp³-hybridized carbons (Fsp3) is 0.130. The zero-order chi connectivity index (χ0) is 21.6. The van der Waals surface area contributed by atoms with E-state index in [2.05, 4.69) is 31.6 Å². The Morgan fingerprint density at radius 1 is 1.09 bits per heavy atom. The van der Waals surface area contributed by atoms with Crippen LogP contribution in [0.5, 0.6) is 0 Å². The van der Waals surface area contributed by atoms with E-state index in [1.807, 2.05) is 36.4 Å². The molecule has 32 heavy (non-hydrogen) atoms. The third kappa shape index (κ3) is 4.22. The van der Waals surface area contributed by atoms with Gasteiger partial charge in [0.05, 0.1) is 5.56 Å². The molecule has 0 amide bonds. The van der Waals surface area contributed by atoms with Crippen LogP contribution in [0.15, 0.2) is 95.9 Å². The van der Waals surface area contributed by atoms with Gasteiger partial charge in [0.2, 0.25) is 5.88 Å². The van der Waals surface area contributed by atoms with Gasteiger partial charge in [-0.2, -0.15) is 0 Å². The molecular formula is C23H20N6O3. The summed E-state index contributed by atoms with van der Waals surface area (Å²) in [6.45, 7) is 0.564. The maximum Gasteiger partial charge on any atom is 0.330 e. The highest BCUT2D eigenvalue weighted by molar-refractivity contribution is 5.69. The Labute approximate surface area is 184 Å². The number of ether oxygens (including phenoxy) is 2. The molecule has 1 N–H and O–H groups in total. The van der Waals surface area contributed by atoms with Crippen LogP contribution >= 0.6 is 0 Å². The molecule has 2 aliphatic rings. The molecule has 0 radical (unpaired) electrons. The van der Waals surface area contributed by atoms with Gasteiger partial charge in [0, 0.05) is 30.8 Å². The Morgan fingerprint density at radius 3 is 2.88 bits per heavy atom. The van der Waals surface area contributed by atoms with Crippen LogP contribution in [0, 0.1) is 0 Å². The van der Waals surface area contributed by atoms with E-state index in [-0.39, 0.29) is 6.01 Å². The highest BCUT2D eigenvalue weighted by Gasteiger charge is 2.26. The normalized spacial score (nSPS) is 14.8. The minimum absolute atomic E-state index is 0.272. The van der Waals surface area contributed by atoms with Crippen molar-refractivity contribution in [3.05, 3.63) is 97.0 Å². The van der Waals surface area contributed by atoms with Crippen molar-refractivity contribution in [1.82, 2.24) is 20.2 Å². The lowest BCUT2D eigenvalue weighted by atomic mass is 10.1. The van der Waals surface area contributed by atoms with E-state index in [1.165, 1.54) is 18.8 Å². The summed E-state index contributed by atoms with van der Waals surface area (Å²) < 4.78 is 17.0. The highest BCUT2D eigenvalue weighted by atomic mass is 16.5. The van der Waals surface area contributed by atoms with Gasteiger partial charge in [0.25, 0.3) is 5.89 Å². The van der Waals surface area contributed by atoms with Crippen molar-refractivity contribution in [3.63, 3.8) is 0 Å². The van der Waals surface area contributed by atoms with E-state index >= 15 is 0 Å². The van der Waals surface area contributed by atoms with E-state index < -0.39 is 0 Å². The summed E-state index contributed by atoms with van der Waals surface area (Å²) in [5.41, 5.74) is 2.68. The molecule has 0 atom stereocenters. The quantitative estimate of drug-likeness (QED) is 0.583. The molecule has 0 fully saturated rings. The number of pyridine rings is 2. The lowest BCUT2D eigenvalue weighted by Gasteiger charge is -2.25. The van der Waals surface area contributed by atoms with Gasteiger partial charge in [0.15, 0.2) is 6.26 Å². The Balaban J connectivity index is 1.44. The molecule has 5 rings (SSSR count). The zero-order valence-electron chi connectivity index (χ0n) is 17.1. The van der Waals surface area contributed by atoms with Crippen molar-refractivity contribution in [3.8, 4) is 11.5 Å². The minimum atomic E-state index is 0.272. The predicted octanol–water partition coefficient (Wildman–Crippen LogP) is 4.50. The Hall–Kier alpha value is -4.40. The average molecular weight is 428 g/mol. The molecule has 0 spiro atoms. The summed E-state index contributed by atoms with van der Waals surface area (Å²) >= 11 is 0. The third-order valence-electron chi connectivity index (χ3n) is 4.82. The second-order valence-corrected chi connectivity index (χ2v) is 6.95. The van der Waals surface area contributed by atoms with Crippen LogP contribution in [-0.4, -0.2) is 20.2 Å². The van der Waals surface area contributed by atoms with E-state index in [4.69, 9.17) is 13.9 Å². The topological polar surface area (TPSA) is 98.4 Å². The van der Waals surface area contributed by atoms with Crippen molar-refractivity contribution < 1.29 is 13.9 Å². The molecule has 160 valence electrons. The minimum Gasteiger partial charge on any atom is -0.464 e. The number of allylic oxidation sites excluding steroid dienone is 4. The number of hydrogen-bond donors (Lipinski definition) is 1. The lowest BCUT2D eigenvalue weighted by molar-refractivity contribution is 0.247. The van der Waals surface area contributed by atoms with Crippen molar-refractivity contribution in [2.75, 3.05) is 10.2 Å². The van der Waals surface area contributed by atoms with E-state index in [0.717, 1.165) is 24.1 Å². The van der Waals surface area contributed by atoms with Gasteiger partial charge in [-0.1, -0.05) is 23.3 Å². The molecule has 0 bridgehead atoms. The van der Waals surface area contributed by atoms with Gasteiger partial charge in [-0.25, -0.2) is 9.88 Å². The fourth-order valence-electron chi connectivity index (χ4n) is 3.32. The summed E-state index contributed by atoms with van der Waals surface area (Å²) in [6, 6.07) is 7.86. The van der Waals surface area contributed by atoms with Gasteiger partial charge in [-0.05, 0) is 42.7 Å². The summed E-state index contributed by atoms with van der Waals surface area (Å²) in [4.78, 5) is 10.3. The monoisotopic (exact) mass is 428 g/mol. The second kappa shape index (κ2) is 9.17. The maximum absolute atomic E-state index is 6.08. The van der Waals surface area contributed by atoms with Gasteiger partial charge in [-0.15, -0.1) is 5.10 Å². The van der Waals surface area contributed by atoms with Crippen LogP contribution < -0.4 is 10.2 Å². The summed E-state index contributed by atoms with van der Waals surface area (Å²) in [5, 5.41) is 11.9. The summed E-state index contributed by atoms with van der Waals surface area (Å²) in [5.74, 6) is 1.41. The molecule has 0 unspecified atom stereocenters. The molecule has 3 aromatic rings. The van der Waals surface area contributed by atoms with Crippen molar-refractivity contribution in [2.24, 2.45) is 0 Å². The zero-order valence-corrected chi connectivity index (χ0v) is 17.1. The first-order chi connectivity index (χ1) is 15.9. The van der Waals surface area contributed by atoms with Crippen molar-refractivity contribution >= 4 is 11.8 Å². The standard InChI is InChI=1S/C23H20N6O3/c1-2-7-18(8-3-1)29(20-16-30-12-13-31-20)23-28-27-22(32-23)19-9-5-11-25-21(19)26-15-17-6-4-10-24-14-17/h1-2,4-7,9-14,16H,3,8,15H2,(H,25,26). The highest BCUT2D eigenvalue weighted by Crippen LogP contribution is 2.33. The Kier molecular flexibility index (Phi) is 5.60. The molecular weight excluding hydrogens is 408 g/mol. The van der Waals surface area contributed by atoms with Crippen molar-refractivity contribution in [1.29, 1.82) is 0 Å². The number of aromatic nitrogens is 4. The molecule has 0 saturated carbocycles. The first kappa shape index (κ1) is 19.6. The largest absolute Gasteiger partial charge is 0.464 e. The van der Waals surface area contributed by atoms with Crippen LogP contribution in [0.25, 0.3) is 11.5 Å². The van der Waals surface area contributed by atoms with Gasteiger partial charge < -0.3 is 19.2 Å².